The van der Waals surface area contributed by atoms with Crippen LogP contribution in [0.3, 0.4) is 0 Å². The first kappa shape index (κ1) is 13.3. The summed E-state index contributed by atoms with van der Waals surface area (Å²) in [5, 5.41) is 0.642. The van der Waals surface area contributed by atoms with E-state index in [2.05, 4.69) is 4.98 Å². The van der Waals surface area contributed by atoms with Gasteiger partial charge in [0, 0.05) is 0 Å². The third-order valence-corrected chi connectivity index (χ3v) is 4.03. The van der Waals surface area contributed by atoms with Crippen molar-refractivity contribution < 1.29 is 4.39 Å². The molecule has 0 radical (unpaired) electrons. The Kier molecular flexibility index (Phi) is 3.36. The van der Waals surface area contributed by atoms with Crippen LogP contribution in [-0.4, -0.2) is 9.55 Å². The lowest BCUT2D eigenvalue weighted by Gasteiger charge is -2.15. The number of hydrogen-bond acceptors (Lipinski definition) is 1. The molecule has 0 bridgehead atoms. The van der Waals surface area contributed by atoms with Gasteiger partial charge in [-0.3, -0.25) is 0 Å². The number of hydrogen-bond donors (Lipinski definition) is 1. The molecule has 3 aromatic rings. The predicted octanol–water partition coefficient (Wildman–Crippen LogP) is 5.10. The maximum Gasteiger partial charge on any atom is 0.178 e. The summed E-state index contributed by atoms with van der Waals surface area (Å²) in [6.45, 7) is 2.01. The average Bonchev–Trinajstić information content (AvgIpc) is 2.76. The van der Waals surface area contributed by atoms with Crippen molar-refractivity contribution in [3.8, 4) is 0 Å². The molecule has 3 rings (SSSR count). The van der Waals surface area contributed by atoms with Crippen LogP contribution in [0, 0.1) is 10.6 Å². The Balaban J connectivity index is 2.21. The van der Waals surface area contributed by atoms with Gasteiger partial charge in [-0.1, -0.05) is 29.8 Å². The summed E-state index contributed by atoms with van der Waals surface area (Å²) < 4.78 is 15.6. The highest BCUT2D eigenvalue weighted by molar-refractivity contribution is 7.71. The first-order valence-electron chi connectivity index (χ1n) is 6.22. The van der Waals surface area contributed by atoms with Gasteiger partial charge in [0.1, 0.15) is 5.82 Å². The minimum absolute atomic E-state index is 0.0308. The van der Waals surface area contributed by atoms with Crippen LogP contribution in [0.25, 0.3) is 11.0 Å². The Morgan fingerprint density at radius 2 is 1.90 bits per heavy atom. The molecule has 2 aromatic carbocycles. The van der Waals surface area contributed by atoms with Gasteiger partial charge in [-0.15, -0.1) is 0 Å². The number of benzene rings is 2. The first-order chi connectivity index (χ1) is 9.58. The van der Waals surface area contributed by atoms with Gasteiger partial charge in [0.25, 0.3) is 0 Å². The van der Waals surface area contributed by atoms with Crippen molar-refractivity contribution in [3.05, 3.63) is 63.6 Å². The standard InChI is InChI=1S/C15H12ClFN2S/c1-9(10-5-7-11(17)8-6-10)19-14-12(16)3-2-4-13(14)18-15(19)20/h2-9H,1H3,(H,18,20). The fraction of sp³-hybridized carbons (Fsp3) is 0.133. The van der Waals surface area contributed by atoms with Crippen molar-refractivity contribution in [1.29, 1.82) is 0 Å². The zero-order valence-electron chi connectivity index (χ0n) is 10.7. The predicted molar refractivity (Wildman–Crippen MR) is 82.3 cm³/mol. The van der Waals surface area contributed by atoms with E-state index in [0.29, 0.717) is 9.79 Å². The number of nitrogens with zero attached hydrogens (tertiary/aromatic N) is 1. The second kappa shape index (κ2) is 5.04. The molecule has 20 heavy (non-hydrogen) atoms. The molecule has 2 nitrogen and oxygen atoms in total. The number of rotatable bonds is 2. The summed E-state index contributed by atoms with van der Waals surface area (Å²) in [6, 6.07) is 12.0. The van der Waals surface area contributed by atoms with Crippen LogP contribution in [-0.2, 0) is 0 Å². The summed E-state index contributed by atoms with van der Waals surface area (Å²) in [6.07, 6.45) is 0. The topological polar surface area (TPSA) is 20.7 Å². The summed E-state index contributed by atoms with van der Waals surface area (Å²) in [5.74, 6) is -0.249. The average molecular weight is 307 g/mol. The first-order valence-corrected chi connectivity index (χ1v) is 7.01. The Morgan fingerprint density at radius 1 is 1.20 bits per heavy atom. The molecule has 102 valence electrons. The molecule has 0 spiro atoms. The molecule has 0 saturated carbocycles. The third-order valence-electron chi connectivity index (χ3n) is 3.43. The van der Waals surface area contributed by atoms with E-state index in [4.69, 9.17) is 23.8 Å². The number of nitrogens with one attached hydrogen (secondary N) is 1. The Labute approximate surface area is 125 Å². The summed E-state index contributed by atoms with van der Waals surface area (Å²) >= 11 is 11.7. The lowest BCUT2D eigenvalue weighted by atomic mass is 10.1. The molecule has 0 aliphatic carbocycles. The number of aromatic amines is 1. The van der Waals surface area contributed by atoms with Crippen molar-refractivity contribution in [2.24, 2.45) is 0 Å². The zero-order chi connectivity index (χ0) is 14.3. The minimum atomic E-state index is -0.249. The second-order valence-corrected chi connectivity index (χ2v) is 5.46. The van der Waals surface area contributed by atoms with E-state index in [1.54, 1.807) is 12.1 Å². The Hall–Kier alpha value is -1.65. The van der Waals surface area contributed by atoms with Gasteiger partial charge in [0.15, 0.2) is 4.77 Å². The van der Waals surface area contributed by atoms with Crippen molar-refractivity contribution in [2.45, 2.75) is 13.0 Å². The van der Waals surface area contributed by atoms with Crippen molar-refractivity contribution >= 4 is 34.9 Å². The fourth-order valence-electron chi connectivity index (χ4n) is 2.40. The fourth-order valence-corrected chi connectivity index (χ4v) is 3.02. The normalized spacial score (nSPS) is 12.8. The van der Waals surface area contributed by atoms with Crippen LogP contribution in [0.2, 0.25) is 5.02 Å². The number of halogens is 2. The lowest BCUT2D eigenvalue weighted by molar-refractivity contribution is 0.618. The highest BCUT2D eigenvalue weighted by atomic mass is 35.5. The zero-order valence-corrected chi connectivity index (χ0v) is 12.3. The number of H-pyrrole nitrogens is 1. The van der Waals surface area contributed by atoms with Crippen LogP contribution in [0.15, 0.2) is 42.5 Å². The molecule has 0 aliphatic heterocycles. The van der Waals surface area contributed by atoms with Crippen LogP contribution in [0.5, 0.6) is 0 Å². The van der Waals surface area contributed by atoms with Crippen molar-refractivity contribution in [2.75, 3.05) is 0 Å². The van der Waals surface area contributed by atoms with E-state index in [0.717, 1.165) is 16.6 Å². The van der Waals surface area contributed by atoms with Gasteiger partial charge in [-0.2, -0.15) is 0 Å². The third kappa shape index (κ3) is 2.15. The highest BCUT2D eigenvalue weighted by Crippen LogP contribution is 2.29. The number of fused-ring (bicyclic) bond motifs is 1. The molecule has 1 aromatic heterocycles. The van der Waals surface area contributed by atoms with Crippen molar-refractivity contribution in [3.63, 3.8) is 0 Å². The van der Waals surface area contributed by atoms with Crippen LogP contribution in [0.1, 0.15) is 18.5 Å². The quantitative estimate of drug-likeness (QED) is 0.653. The Morgan fingerprint density at radius 3 is 2.60 bits per heavy atom. The molecule has 0 fully saturated rings. The van der Waals surface area contributed by atoms with E-state index in [9.17, 15) is 4.39 Å². The molecular weight excluding hydrogens is 295 g/mol. The van der Waals surface area contributed by atoms with Crippen LogP contribution in [0.4, 0.5) is 4.39 Å². The van der Waals surface area contributed by atoms with E-state index in [-0.39, 0.29) is 11.9 Å². The minimum Gasteiger partial charge on any atom is -0.331 e. The van der Waals surface area contributed by atoms with E-state index in [1.807, 2.05) is 29.7 Å². The van der Waals surface area contributed by atoms with E-state index >= 15 is 0 Å². The van der Waals surface area contributed by atoms with Gasteiger partial charge in [-0.05, 0) is 49.0 Å². The number of para-hydroxylation sites is 1. The molecule has 0 saturated heterocycles. The lowest BCUT2D eigenvalue weighted by Crippen LogP contribution is -2.07. The molecule has 1 unspecified atom stereocenters. The van der Waals surface area contributed by atoms with Gasteiger partial charge >= 0.3 is 0 Å². The Bertz CT molecular complexity index is 820. The van der Waals surface area contributed by atoms with Crippen LogP contribution >= 0.6 is 23.8 Å². The number of imidazole rings is 1. The molecule has 0 aliphatic rings. The van der Waals surface area contributed by atoms with E-state index < -0.39 is 0 Å². The monoisotopic (exact) mass is 306 g/mol. The van der Waals surface area contributed by atoms with Gasteiger partial charge in [0.2, 0.25) is 0 Å². The van der Waals surface area contributed by atoms with Gasteiger partial charge in [0.05, 0.1) is 22.1 Å². The maximum atomic E-state index is 13.0. The summed E-state index contributed by atoms with van der Waals surface area (Å²) in [4.78, 5) is 3.15. The summed E-state index contributed by atoms with van der Waals surface area (Å²) in [7, 11) is 0. The molecule has 0 amide bonds. The van der Waals surface area contributed by atoms with Crippen molar-refractivity contribution in [1.82, 2.24) is 9.55 Å². The molecule has 5 heteroatoms. The van der Waals surface area contributed by atoms with Crippen LogP contribution < -0.4 is 0 Å². The molecule has 1 heterocycles. The smallest absolute Gasteiger partial charge is 0.178 e. The molecular formula is C15H12ClFN2S. The second-order valence-electron chi connectivity index (χ2n) is 4.66. The largest absolute Gasteiger partial charge is 0.331 e. The summed E-state index contributed by atoms with van der Waals surface area (Å²) in [5.41, 5.74) is 2.75. The molecule has 1 N–H and O–H groups in total. The number of aromatic nitrogens is 2. The van der Waals surface area contributed by atoms with Gasteiger partial charge < -0.3 is 9.55 Å². The van der Waals surface area contributed by atoms with E-state index in [1.165, 1.54) is 12.1 Å². The van der Waals surface area contributed by atoms with Gasteiger partial charge in [-0.25, -0.2) is 4.39 Å². The SMILES string of the molecule is CC(c1ccc(F)cc1)n1c(=S)[nH]c2cccc(Cl)c21. The maximum absolute atomic E-state index is 13.0. The highest BCUT2D eigenvalue weighted by Gasteiger charge is 2.15. The molecule has 1 atom stereocenters.